The molecule has 0 radical (unpaired) electrons. The molecule has 7 heteroatoms. The van der Waals surface area contributed by atoms with Crippen molar-refractivity contribution in [2.75, 3.05) is 12.4 Å². The first-order valence-electron chi connectivity index (χ1n) is 8.83. The van der Waals surface area contributed by atoms with Crippen LogP contribution in [0.4, 0.5) is 5.69 Å². The van der Waals surface area contributed by atoms with E-state index in [0.29, 0.717) is 17.0 Å². The van der Waals surface area contributed by atoms with Gasteiger partial charge in [-0.15, -0.1) is 0 Å². The number of hydrogen-bond acceptors (Lipinski definition) is 5. The van der Waals surface area contributed by atoms with Gasteiger partial charge >= 0.3 is 5.97 Å². The highest BCUT2D eigenvalue weighted by atomic mass is 16.5. The highest BCUT2D eigenvalue weighted by Crippen LogP contribution is 2.33. The normalized spacial score (nSPS) is 11.9. The topological polar surface area (TPSA) is 109 Å². The van der Waals surface area contributed by atoms with Gasteiger partial charge in [0.1, 0.15) is 11.6 Å². The zero-order valence-electron chi connectivity index (χ0n) is 16.6. The number of carboxylic acid groups (broad SMARTS) is 1. The zero-order chi connectivity index (χ0) is 21.6. The first-order valence-corrected chi connectivity index (χ1v) is 8.83. The van der Waals surface area contributed by atoms with Crippen LogP contribution in [-0.4, -0.2) is 30.2 Å². The summed E-state index contributed by atoms with van der Waals surface area (Å²) in [6.45, 7) is 5.18. The van der Waals surface area contributed by atoms with Gasteiger partial charge in [-0.3, -0.25) is 4.79 Å². The van der Waals surface area contributed by atoms with E-state index in [9.17, 15) is 14.9 Å². The van der Waals surface area contributed by atoms with Crippen LogP contribution in [0.25, 0.3) is 6.08 Å². The van der Waals surface area contributed by atoms with Gasteiger partial charge in [-0.1, -0.05) is 29.8 Å². The van der Waals surface area contributed by atoms with Gasteiger partial charge in [-0.25, -0.2) is 4.79 Å². The minimum absolute atomic E-state index is 0.136. The second-order valence-electron chi connectivity index (χ2n) is 6.42. The lowest BCUT2D eigenvalue weighted by Crippen LogP contribution is -2.23. The lowest BCUT2D eigenvalue weighted by atomic mass is 10.1. The van der Waals surface area contributed by atoms with Crippen LogP contribution in [0.15, 0.2) is 42.0 Å². The smallest absolute Gasteiger partial charge is 0.344 e. The average molecular weight is 394 g/mol. The fourth-order valence-corrected chi connectivity index (χ4v) is 2.61. The van der Waals surface area contributed by atoms with E-state index in [1.54, 1.807) is 24.3 Å². The van der Waals surface area contributed by atoms with Crippen molar-refractivity contribution >= 4 is 23.6 Å². The molecule has 0 fully saturated rings. The number of benzene rings is 2. The highest BCUT2D eigenvalue weighted by molar-refractivity contribution is 6.10. The zero-order valence-corrected chi connectivity index (χ0v) is 16.6. The Morgan fingerprint density at radius 3 is 2.55 bits per heavy atom. The third kappa shape index (κ3) is 5.36. The molecule has 1 amide bonds. The quantitative estimate of drug-likeness (QED) is 0.547. The van der Waals surface area contributed by atoms with Crippen molar-refractivity contribution in [1.82, 2.24) is 0 Å². The van der Waals surface area contributed by atoms with Crippen molar-refractivity contribution < 1.29 is 24.2 Å². The summed E-state index contributed by atoms with van der Waals surface area (Å²) in [5.74, 6) is -1.31. The van der Waals surface area contributed by atoms with Crippen LogP contribution >= 0.6 is 0 Å². The van der Waals surface area contributed by atoms with Gasteiger partial charge in [0, 0.05) is 11.3 Å². The minimum Gasteiger partial charge on any atom is -0.493 e. The Morgan fingerprint density at radius 2 is 1.97 bits per heavy atom. The number of aliphatic carboxylic acids is 1. The van der Waals surface area contributed by atoms with E-state index in [4.69, 9.17) is 14.6 Å². The molecule has 0 aliphatic rings. The number of amides is 1. The number of nitriles is 1. The van der Waals surface area contributed by atoms with Crippen molar-refractivity contribution in [2.24, 2.45) is 0 Å². The van der Waals surface area contributed by atoms with E-state index < -0.39 is 18.0 Å². The number of para-hydroxylation sites is 1. The molecular weight excluding hydrogens is 372 g/mol. The van der Waals surface area contributed by atoms with Gasteiger partial charge in [0.25, 0.3) is 5.91 Å². The molecule has 1 atom stereocenters. The standard InChI is InChI=1S/C22H22N2O5/c1-13-8-9-18(14(2)10-13)24-21(25)17(12-23)11-16-6-5-7-19(28-4)20(16)29-15(3)22(26)27/h5-11,15H,1-4H3,(H,24,25)(H,26,27)/b17-11-/t15-/m0/s1. The monoisotopic (exact) mass is 394 g/mol. The number of ether oxygens (including phenoxy) is 2. The summed E-state index contributed by atoms with van der Waals surface area (Å²) in [5.41, 5.74) is 2.72. The molecule has 0 spiro atoms. The number of carbonyl (C=O) groups is 2. The highest BCUT2D eigenvalue weighted by Gasteiger charge is 2.19. The van der Waals surface area contributed by atoms with Gasteiger partial charge in [0.15, 0.2) is 17.6 Å². The predicted molar refractivity (Wildman–Crippen MR) is 109 cm³/mol. The maximum absolute atomic E-state index is 12.6. The maximum Gasteiger partial charge on any atom is 0.344 e. The van der Waals surface area contributed by atoms with E-state index in [1.807, 2.05) is 32.0 Å². The summed E-state index contributed by atoms with van der Waals surface area (Å²) in [4.78, 5) is 23.8. The molecule has 0 aliphatic heterocycles. The number of hydrogen-bond donors (Lipinski definition) is 2. The molecule has 7 nitrogen and oxygen atoms in total. The Balaban J connectivity index is 2.40. The summed E-state index contributed by atoms with van der Waals surface area (Å²) in [6.07, 6.45) is 0.193. The largest absolute Gasteiger partial charge is 0.493 e. The molecule has 2 aromatic carbocycles. The van der Waals surface area contributed by atoms with Crippen LogP contribution < -0.4 is 14.8 Å². The van der Waals surface area contributed by atoms with E-state index in [1.165, 1.54) is 20.1 Å². The number of carboxylic acids is 1. The average Bonchev–Trinajstić information content (AvgIpc) is 2.68. The number of carbonyl (C=O) groups excluding carboxylic acids is 1. The fraction of sp³-hybridized carbons (Fsp3) is 0.227. The molecule has 29 heavy (non-hydrogen) atoms. The van der Waals surface area contributed by atoms with Crippen molar-refractivity contribution in [3.05, 3.63) is 58.7 Å². The number of methoxy groups -OCH3 is 1. The second-order valence-corrected chi connectivity index (χ2v) is 6.42. The van der Waals surface area contributed by atoms with Gasteiger partial charge < -0.3 is 19.9 Å². The summed E-state index contributed by atoms with van der Waals surface area (Å²) in [5, 5.41) is 21.3. The molecular formula is C22H22N2O5. The molecule has 0 aromatic heterocycles. The molecule has 0 bridgehead atoms. The van der Waals surface area contributed by atoms with Crippen LogP contribution in [0, 0.1) is 25.2 Å². The Labute approximate surface area is 169 Å². The van der Waals surface area contributed by atoms with Crippen molar-refractivity contribution in [2.45, 2.75) is 26.9 Å². The third-order valence-electron chi connectivity index (χ3n) is 4.17. The van der Waals surface area contributed by atoms with Crippen LogP contribution in [0.3, 0.4) is 0 Å². The molecule has 2 N–H and O–H groups in total. The lowest BCUT2D eigenvalue weighted by Gasteiger charge is -2.16. The Hall–Kier alpha value is -3.79. The van der Waals surface area contributed by atoms with Crippen LogP contribution in [0.2, 0.25) is 0 Å². The SMILES string of the molecule is COc1cccc(/C=C(/C#N)C(=O)Nc2ccc(C)cc2C)c1O[C@@H](C)C(=O)O. The minimum atomic E-state index is -1.15. The molecule has 0 heterocycles. The van der Waals surface area contributed by atoms with Gasteiger partial charge in [-0.2, -0.15) is 5.26 Å². The van der Waals surface area contributed by atoms with Gasteiger partial charge in [0.05, 0.1) is 7.11 Å². The van der Waals surface area contributed by atoms with E-state index >= 15 is 0 Å². The number of anilines is 1. The number of nitrogens with zero attached hydrogens (tertiary/aromatic N) is 1. The van der Waals surface area contributed by atoms with Crippen LogP contribution in [-0.2, 0) is 9.59 Å². The molecule has 0 aliphatic carbocycles. The Morgan fingerprint density at radius 1 is 1.24 bits per heavy atom. The van der Waals surface area contributed by atoms with Crippen LogP contribution in [0.5, 0.6) is 11.5 Å². The summed E-state index contributed by atoms with van der Waals surface area (Å²) in [7, 11) is 1.42. The Kier molecular flexibility index (Phi) is 6.99. The van der Waals surface area contributed by atoms with Crippen molar-refractivity contribution in [1.29, 1.82) is 5.26 Å². The molecule has 150 valence electrons. The summed E-state index contributed by atoms with van der Waals surface area (Å²) < 4.78 is 10.7. The molecule has 0 saturated heterocycles. The van der Waals surface area contributed by atoms with E-state index in [-0.39, 0.29) is 11.3 Å². The molecule has 2 rings (SSSR count). The maximum atomic E-state index is 12.6. The first-order chi connectivity index (χ1) is 13.8. The second kappa shape index (κ2) is 9.42. The number of aryl methyl sites for hydroxylation is 2. The Bertz CT molecular complexity index is 1000. The lowest BCUT2D eigenvalue weighted by molar-refractivity contribution is -0.144. The van der Waals surface area contributed by atoms with Gasteiger partial charge in [0.2, 0.25) is 0 Å². The first kappa shape index (κ1) is 21.5. The van der Waals surface area contributed by atoms with E-state index in [2.05, 4.69) is 5.32 Å². The molecule has 0 unspecified atom stereocenters. The fourth-order valence-electron chi connectivity index (χ4n) is 2.61. The number of rotatable bonds is 7. The van der Waals surface area contributed by atoms with Crippen LogP contribution in [0.1, 0.15) is 23.6 Å². The van der Waals surface area contributed by atoms with Crippen molar-refractivity contribution in [3.63, 3.8) is 0 Å². The summed E-state index contributed by atoms with van der Waals surface area (Å²) >= 11 is 0. The molecule has 0 saturated carbocycles. The van der Waals surface area contributed by atoms with E-state index in [0.717, 1.165) is 11.1 Å². The third-order valence-corrected chi connectivity index (χ3v) is 4.17. The predicted octanol–water partition coefficient (Wildman–Crippen LogP) is 3.71. The van der Waals surface area contributed by atoms with Crippen molar-refractivity contribution in [3.8, 4) is 17.6 Å². The van der Waals surface area contributed by atoms with Gasteiger partial charge in [-0.05, 0) is 44.5 Å². The number of nitrogens with one attached hydrogen (secondary N) is 1. The summed E-state index contributed by atoms with van der Waals surface area (Å²) in [6, 6.07) is 12.3. The molecule has 2 aromatic rings.